The van der Waals surface area contributed by atoms with Gasteiger partial charge in [0.05, 0.1) is 28.7 Å². The minimum Gasteiger partial charge on any atom is -0.497 e. The molecule has 0 unspecified atom stereocenters. The summed E-state index contributed by atoms with van der Waals surface area (Å²) in [6.45, 7) is 2.06. The fourth-order valence-electron chi connectivity index (χ4n) is 3.00. The van der Waals surface area contributed by atoms with E-state index in [-0.39, 0.29) is 11.4 Å². The highest BCUT2D eigenvalue weighted by molar-refractivity contribution is 6.11. The molecule has 0 bridgehead atoms. The Labute approximate surface area is 190 Å². The molecule has 0 saturated carbocycles. The number of methoxy groups -OCH3 is 1. The highest BCUT2D eigenvalue weighted by Crippen LogP contribution is 2.29. The van der Waals surface area contributed by atoms with E-state index in [1.807, 2.05) is 54.6 Å². The van der Waals surface area contributed by atoms with Gasteiger partial charge in [0, 0.05) is 11.6 Å². The number of rotatable bonds is 9. The van der Waals surface area contributed by atoms with Gasteiger partial charge in [0.25, 0.3) is 5.69 Å². The molecule has 0 fully saturated rings. The maximum absolute atomic E-state index is 11.4. The van der Waals surface area contributed by atoms with Crippen molar-refractivity contribution < 1.29 is 14.6 Å². The fraction of sp³-hybridized carbons (Fsp3) is 0.125. The maximum atomic E-state index is 11.4. The molecule has 0 atom stereocenters. The quantitative estimate of drug-likeness (QED) is 0.259. The Kier molecular flexibility index (Phi) is 7.48. The zero-order valence-corrected chi connectivity index (χ0v) is 18.1. The molecule has 9 nitrogen and oxygen atoms in total. The lowest BCUT2D eigenvalue weighted by molar-refractivity contribution is -0.393. The van der Waals surface area contributed by atoms with Crippen molar-refractivity contribution in [3.63, 3.8) is 0 Å². The van der Waals surface area contributed by atoms with Crippen molar-refractivity contribution in [2.75, 3.05) is 12.5 Å². The molecule has 0 saturated heterocycles. The summed E-state index contributed by atoms with van der Waals surface area (Å²) in [6, 6.07) is 18.6. The first kappa shape index (κ1) is 23.1. The molecule has 0 aliphatic carbocycles. The highest BCUT2D eigenvalue weighted by Gasteiger charge is 2.19. The number of hydrogen-bond donors (Lipinski definition) is 1. The SMILES string of the molecule is CCc1ccc(C(C=Cc2ccc(OC)cc2)=NNc2ccc([N+](=O)[O-])cc2[N+](=O)[O-])cc1. The van der Waals surface area contributed by atoms with Crippen molar-refractivity contribution in [2.45, 2.75) is 13.3 Å². The van der Waals surface area contributed by atoms with Gasteiger partial charge in [-0.25, -0.2) is 0 Å². The number of nitrogens with one attached hydrogen (secondary N) is 1. The molecule has 0 spiro atoms. The monoisotopic (exact) mass is 446 g/mol. The summed E-state index contributed by atoms with van der Waals surface area (Å²) in [6.07, 6.45) is 4.53. The zero-order chi connectivity index (χ0) is 23.8. The number of anilines is 1. The Morgan fingerprint density at radius 3 is 2.27 bits per heavy atom. The number of nitro groups is 2. The Bertz CT molecular complexity index is 1200. The molecule has 9 heteroatoms. The van der Waals surface area contributed by atoms with Gasteiger partial charge in [0.2, 0.25) is 0 Å². The van der Waals surface area contributed by atoms with E-state index in [1.54, 1.807) is 13.2 Å². The molecule has 0 aliphatic rings. The van der Waals surface area contributed by atoms with E-state index in [0.717, 1.165) is 34.9 Å². The minimum atomic E-state index is -0.687. The van der Waals surface area contributed by atoms with E-state index < -0.39 is 15.5 Å². The van der Waals surface area contributed by atoms with E-state index in [2.05, 4.69) is 17.5 Å². The molecule has 168 valence electrons. The third-order valence-corrected chi connectivity index (χ3v) is 4.89. The second-order valence-electron chi connectivity index (χ2n) is 6.98. The molecule has 3 aromatic carbocycles. The number of ether oxygens (including phenoxy) is 1. The van der Waals surface area contributed by atoms with Crippen molar-refractivity contribution in [2.24, 2.45) is 5.10 Å². The third kappa shape index (κ3) is 6.01. The van der Waals surface area contributed by atoms with Gasteiger partial charge in [0.1, 0.15) is 11.4 Å². The van der Waals surface area contributed by atoms with Crippen LogP contribution in [0.25, 0.3) is 6.08 Å². The molecule has 0 radical (unpaired) electrons. The Hall–Kier alpha value is -4.53. The summed E-state index contributed by atoms with van der Waals surface area (Å²) in [5, 5.41) is 26.8. The smallest absolute Gasteiger partial charge is 0.301 e. The van der Waals surface area contributed by atoms with Crippen LogP contribution in [0.5, 0.6) is 5.75 Å². The molecule has 0 aliphatic heterocycles. The summed E-state index contributed by atoms with van der Waals surface area (Å²) >= 11 is 0. The molecular weight excluding hydrogens is 424 g/mol. The van der Waals surface area contributed by atoms with Crippen molar-refractivity contribution in [3.8, 4) is 5.75 Å². The highest BCUT2D eigenvalue weighted by atomic mass is 16.6. The molecule has 0 amide bonds. The second kappa shape index (κ2) is 10.7. The molecule has 0 aromatic heterocycles. The first-order valence-electron chi connectivity index (χ1n) is 10.1. The van der Waals surface area contributed by atoms with E-state index in [0.29, 0.717) is 5.71 Å². The number of aryl methyl sites for hydroxylation is 1. The van der Waals surface area contributed by atoms with Crippen LogP contribution in [-0.2, 0) is 6.42 Å². The molecular formula is C24H22N4O5. The molecule has 1 N–H and O–H groups in total. The minimum absolute atomic E-state index is 0.0473. The van der Waals surface area contributed by atoms with Gasteiger partial charge in [-0.2, -0.15) is 5.10 Å². The van der Waals surface area contributed by atoms with Crippen LogP contribution in [0.15, 0.2) is 77.9 Å². The molecule has 3 aromatic rings. The number of benzene rings is 3. The van der Waals surface area contributed by atoms with Crippen LogP contribution in [0, 0.1) is 20.2 Å². The summed E-state index contributed by atoms with van der Waals surface area (Å²) in [7, 11) is 1.60. The van der Waals surface area contributed by atoms with Gasteiger partial charge in [-0.15, -0.1) is 0 Å². The van der Waals surface area contributed by atoms with Crippen LogP contribution < -0.4 is 10.2 Å². The van der Waals surface area contributed by atoms with Crippen molar-refractivity contribution in [1.82, 2.24) is 0 Å². The van der Waals surface area contributed by atoms with Gasteiger partial charge >= 0.3 is 5.69 Å². The lowest BCUT2D eigenvalue weighted by Gasteiger charge is -2.07. The topological polar surface area (TPSA) is 120 Å². The number of nitrogens with zero attached hydrogens (tertiary/aromatic N) is 3. The fourth-order valence-corrected chi connectivity index (χ4v) is 3.00. The Morgan fingerprint density at radius 1 is 1.00 bits per heavy atom. The van der Waals surface area contributed by atoms with Gasteiger partial charge < -0.3 is 4.74 Å². The van der Waals surface area contributed by atoms with Crippen LogP contribution in [0.3, 0.4) is 0 Å². The molecule has 0 heterocycles. The summed E-state index contributed by atoms with van der Waals surface area (Å²) in [5.74, 6) is 0.739. The van der Waals surface area contributed by atoms with Crippen molar-refractivity contribution in [3.05, 3.63) is 110 Å². The largest absolute Gasteiger partial charge is 0.497 e. The predicted molar refractivity (Wildman–Crippen MR) is 128 cm³/mol. The van der Waals surface area contributed by atoms with Gasteiger partial charge in [-0.05, 0) is 41.8 Å². The van der Waals surface area contributed by atoms with Gasteiger partial charge in [0.15, 0.2) is 0 Å². The van der Waals surface area contributed by atoms with E-state index in [4.69, 9.17) is 4.74 Å². The molecule has 3 rings (SSSR count). The maximum Gasteiger partial charge on any atom is 0.301 e. The van der Waals surface area contributed by atoms with Gasteiger partial charge in [-0.1, -0.05) is 49.4 Å². The first-order valence-corrected chi connectivity index (χ1v) is 10.1. The average molecular weight is 446 g/mol. The number of hydrogen-bond acceptors (Lipinski definition) is 7. The van der Waals surface area contributed by atoms with E-state index >= 15 is 0 Å². The average Bonchev–Trinajstić information content (AvgIpc) is 2.84. The van der Waals surface area contributed by atoms with Crippen molar-refractivity contribution >= 4 is 28.8 Å². The van der Waals surface area contributed by atoms with Crippen LogP contribution in [0.2, 0.25) is 0 Å². The van der Waals surface area contributed by atoms with Crippen LogP contribution in [0.1, 0.15) is 23.6 Å². The number of hydrazone groups is 1. The number of allylic oxidation sites excluding steroid dienone is 1. The van der Waals surface area contributed by atoms with E-state index in [1.165, 1.54) is 12.1 Å². The zero-order valence-electron chi connectivity index (χ0n) is 18.1. The van der Waals surface area contributed by atoms with Gasteiger partial charge in [-0.3, -0.25) is 25.7 Å². The molecule has 33 heavy (non-hydrogen) atoms. The summed E-state index contributed by atoms with van der Waals surface area (Å²) in [5.41, 5.74) is 5.34. The lowest BCUT2D eigenvalue weighted by atomic mass is 10.1. The standard InChI is InChI=1S/C24H22N4O5/c1-3-17-4-9-19(10-5-17)22(14-8-18-6-12-21(33-2)13-7-18)25-26-23-15-11-20(27(29)30)16-24(23)28(31)32/h4-16,26H,3H2,1-2H3. The second-order valence-corrected chi connectivity index (χ2v) is 6.98. The number of non-ortho nitro benzene ring substituents is 1. The lowest BCUT2D eigenvalue weighted by Crippen LogP contribution is -2.04. The third-order valence-electron chi connectivity index (χ3n) is 4.89. The van der Waals surface area contributed by atoms with Crippen LogP contribution >= 0.6 is 0 Å². The Morgan fingerprint density at radius 2 is 1.70 bits per heavy atom. The predicted octanol–water partition coefficient (Wildman–Crippen LogP) is 5.60. The van der Waals surface area contributed by atoms with E-state index in [9.17, 15) is 20.2 Å². The first-order chi connectivity index (χ1) is 15.9. The summed E-state index contributed by atoms with van der Waals surface area (Å²) < 4.78 is 5.17. The number of nitro benzene ring substituents is 2. The van der Waals surface area contributed by atoms with Crippen molar-refractivity contribution in [1.29, 1.82) is 0 Å². The van der Waals surface area contributed by atoms with Crippen LogP contribution in [0.4, 0.5) is 17.1 Å². The summed E-state index contributed by atoms with van der Waals surface area (Å²) in [4.78, 5) is 21.0. The Balaban J connectivity index is 1.96. The normalized spacial score (nSPS) is 11.4. The van der Waals surface area contributed by atoms with Crippen LogP contribution in [-0.4, -0.2) is 22.7 Å².